The molecular formula is C17H17F3N6O2S. The van der Waals surface area contributed by atoms with Gasteiger partial charge in [0.25, 0.3) is 5.91 Å². The fourth-order valence-corrected chi connectivity index (χ4v) is 3.80. The molecule has 1 aliphatic rings. The highest BCUT2D eigenvalue weighted by molar-refractivity contribution is 7.99. The average molecular weight is 426 g/mol. The van der Waals surface area contributed by atoms with Gasteiger partial charge in [0.15, 0.2) is 5.69 Å². The van der Waals surface area contributed by atoms with E-state index in [1.54, 1.807) is 6.20 Å². The van der Waals surface area contributed by atoms with Gasteiger partial charge in [0.2, 0.25) is 0 Å². The van der Waals surface area contributed by atoms with Gasteiger partial charge in [0.05, 0.1) is 11.9 Å². The van der Waals surface area contributed by atoms with E-state index in [1.807, 2.05) is 11.0 Å². The summed E-state index contributed by atoms with van der Waals surface area (Å²) in [5.74, 6) is 0.576. The molecule has 0 saturated carbocycles. The fraction of sp³-hybridized carbons (Fsp3) is 0.412. The summed E-state index contributed by atoms with van der Waals surface area (Å²) in [4.78, 5) is 26.0. The summed E-state index contributed by atoms with van der Waals surface area (Å²) in [6, 6.07) is 1.86. The van der Waals surface area contributed by atoms with E-state index in [0.717, 1.165) is 5.39 Å². The van der Waals surface area contributed by atoms with E-state index in [1.165, 1.54) is 12.6 Å². The Balaban J connectivity index is 1.53. The zero-order valence-corrected chi connectivity index (χ0v) is 16.1. The zero-order valence-electron chi connectivity index (χ0n) is 15.3. The van der Waals surface area contributed by atoms with Crippen LogP contribution in [-0.4, -0.2) is 56.8 Å². The lowest BCUT2D eigenvalue weighted by molar-refractivity contribution is -0.127. The Bertz CT molecular complexity index is 1030. The van der Waals surface area contributed by atoms with Gasteiger partial charge in [-0.3, -0.25) is 4.79 Å². The van der Waals surface area contributed by atoms with Crippen LogP contribution in [0, 0.1) is 0 Å². The van der Waals surface area contributed by atoms with Crippen molar-refractivity contribution in [3.8, 4) is 0 Å². The van der Waals surface area contributed by atoms with Crippen molar-refractivity contribution in [1.82, 2.24) is 25.4 Å². The molecule has 12 heteroatoms. The number of carbonyl (C=O) groups is 1. The Morgan fingerprint density at radius 3 is 3.03 bits per heavy atom. The van der Waals surface area contributed by atoms with E-state index < -0.39 is 23.9 Å². The molecule has 0 bridgehead atoms. The quantitative estimate of drug-likeness (QED) is 0.647. The smallest absolute Gasteiger partial charge is 0.360 e. The third-order valence-corrected chi connectivity index (χ3v) is 5.78. The number of fused-ring (bicyclic) bond motifs is 2. The normalized spacial score (nSPS) is 15.4. The van der Waals surface area contributed by atoms with Crippen LogP contribution in [0.15, 0.2) is 23.1 Å². The molecule has 0 spiro atoms. The monoisotopic (exact) mass is 426 g/mol. The van der Waals surface area contributed by atoms with E-state index in [2.05, 4.69) is 25.4 Å². The predicted molar refractivity (Wildman–Crippen MR) is 101 cm³/mol. The van der Waals surface area contributed by atoms with Crippen LogP contribution in [0.25, 0.3) is 11.0 Å². The second-order valence-corrected chi connectivity index (χ2v) is 7.56. The van der Waals surface area contributed by atoms with Gasteiger partial charge >= 0.3 is 6.18 Å². The van der Waals surface area contributed by atoms with Gasteiger partial charge in [0, 0.05) is 31.3 Å². The molecule has 4 heterocycles. The molecule has 1 amide bonds. The number of carbonyl (C=O) groups excluding carboxylic acids is 1. The van der Waals surface area contributed by atoms with Gasteiger partial charge in [-0.05, 0) is 12.3 Å². The first kappa shape index (κ1) is 19.6. The number of alkyl halides is 3. The van der Waals surface area contributed by atoms with Crippen LogP contribution >= 0.6 is 11.8 Å². The number of nitrogens with one attached hydrogen (secondary N) is 2. The Morgan fingerprint density at radius 2 is 2.28 bits per heavy atom. The van der Waals surface area contributed by atoms with Crippen molar-refractivity contribution in [2.45, 2.75) is 24.4 Å². The van der Waals surface area contributed by atoms with Crippen molar-refractivity contribution in [2.24, 2.45) is 0 Å². The maximum Gasteiger partial charge on any atom is 0.402 e. The SMILES string of the molecule is CSC(CNC(=O)c1noc2c1CN(c1ncnc3[nH]ccc13)CC2)C(F)(F)F. The van der Waals surface area contributed by atoms with Crippen molar-refractivity contribution >= 4 is 34.5 Å². The second kappa shape index (κ2) is 7.58. The van der Waals surface area contributed by atoms with E-state index >= 15 is 0 Å². The van der Waals surface area contributed by atoms with Crippen molar-refractivity contribution < 1.29 is 22.5 Å². The van der Waals surface area contributed by atoms with Crippen LogP contribution in [0.5, 0.6) is 0 Å². The molecule has 0 radical (unpaired) electrons. The number of nitrogens with zero attached hydrogens (tertiary/aromatic N) is 4. The number of aromatic nitrogens is 4. The standard InChI is InChI=1S/C17H17F3N6O2S/c1-29-12(17(18,19)20)6-22-16(27)13-10-7-26(5-3-11(10)28-25-13)15-9-2-4-21-14(9)23-8-24-15/h2,4,8,12H,3,5-7H2,1H3,(H,22,27)(H,21,23,24). The topological polar surface area (TPSA) is 99.9 Å². The molecule has 29 heavy (non-hydrogen) atoms. The summed E-state index contributed by atoms with van der Waals surface area (Å²) in [6.45, 7) is 0.373. The Morgan fingerprint density at radius 1 is 1.45 bits per heavy atom. The zero-order chi connectivity index (χ0) is 20.6. The van der Waals surface area contributed by atoms with E-state index in [-0.39, 0.29) is 5.69 Å². The largest absolute Gasteiger partial charge is 0.402 e. The molecule has 0 saturated heterocycles. The van der Waals surface area contributed by atoms with E-state index in [9.17, 15) is 18.0 Å². The molecule has 8 nitrogen and oxygen atoms in total. The summed E-state index contributed by atoms with van der Waals surface area (Å²) in [5, 5.41) is 5.28. The maximum absolute atomic E-state index is 12.9. The van der Waals surface area contributed by atoms with Gasteiger partial charge in [-0.1, -0.05) is 5.16 Å². The first-order valence-electron chi connectivity index (χ1n) is 8.76. The number of hydrogen-bond donors (Lipinski definition) is 2. The molecule has 0 aromatic carbocycles. The molecule has 154 valence electrons. The molecule has 0 aliphatic carbocycles. The number of amides is 1. The molecule has 4 rings (SSSR count). The predicted octanol–water partition coefficient (Wildman–Crippen LogP) is 2.53. The summed E-state index contributed by atoms with van der Waals surface area (Å²) >= 11 is 0.636. The minimum absolute atomic E-state index is 0.00564. The lowest BCUT2D eigenvalue weighted by Gasteiger charge is -2.27. The number of rotatable bonds is 5. The number of aromatic amines is 1. The summed E-state index contributed by atoms with van der Waals surface area (Å²) in [5.41, 5.74) is 1.26. The number of H-pyrrole nitrogens is 1. The third kappa shape index (κ3) is 3.76. The number of thioether (sulfide) groups is 1. The Kier molecular flexibility index (Phi) is 5.11. The van der Waals surface area contributed by atoms with E-state index in [4.69, 9.17) is 4.52 Å². The molecule has 3 aromatic heterocycles. The summed E-state index contributed by atoms with van der Waals surface area (Å²) in [7, 11) is 0. The highest BCUT2D eigenvalue weighted by atomic mass is 32.2. The van der Waals surface area contributed by atoms with Crippen LogP contribution < -0.4 is 10.2 Å². The van der Waals surface area contributed by atoms with Gasteiger partial charge in [-0.2, -0.15) is 24.9 Å². The fourth-order valence-electron chi connectivity index (χ4n) is 3.28. The molecule has 2 N–H and O–H groups in total. The van der Waals surface area contributed by atoms with Crippen molar-refractivity contribution in [3.63, 3.8) is 0 Å². The van der Waals surface area contributed by atoms with E-state index in [0.29, 0.717) is 54.1 Å². The van der Waals surface area contributed by atoms with Gasteiger partial charge in [-0.25, -0.2) is 9.97 Å². The molecule has 3 aromatic rings. The minimum Gasteiger partial charge on any atom is -0.360 e. The maximum atomic E-state index is 12.9. The molecule has 1 aliphatic heterocycles. The van der Waals surface area contributed by atoms with Crippen LogP contribution in [0.1, 0.15) is 21.8 Å². The summed E-state index contributed by atoms with van der Waals surface area (Å²) < 4.78 is 44.0. The highest BCUT2D eigenvalue weighted by Gasteiger charge is 2.39. The van der Waals surface area contributed by atoms with Crippen LogP contribution in [0.4, 0.5) is 19.0 Å². The highest BCUT2D eigenvalue weighted by Crippen LogP contribution is 2.30. The molecule has 1 atom stereocenters. The first-order valence-corrected chi connectivity index (χ1v) is 10.1. The third-order valence-electron chi connectivity index (χ3n) is 4.77. The van der Waals surface area contributed by atoms with Gasteiger partial charge in [-0.15, -0.1) is 0 Å². The van der Waals surface area contributed by atoms with Crippen molar-refractivity contribution in [3.05, 3.63) is 35.6 Å². The van der Waals surface area contributed by atoms with Crippen LogP contribution in [0.3, 0.4) is 0 Å². The molecule has 1 unspecified atom stereocenters. The number of halogens is 3. The van der Waals surface area contributed by atoms with Crippen LogP contribution in [-0.2, 0) is 13.0 Å². The van der Waals surface area contributed by atoms with Crippen molar-refractivity contribution in [2.75, 3.05) is 24.2 Å². The number of anilines is 1. The van der Waals surface area contributed by atoms with Crippen LogP contribution in [0.2, 0.25) is 0 Å². The lowest BCUT2D eigenvalue weighted by atomic mass is 10.1. The Labute approximate surface area is 167 Å². The second-order valence-electron chi connectivity index (χ2n) is 6.52. The number of hydrogen-bond acceptors (Lipinski definition) is 7. The average Bonchev–Trinajstić information content (AvgIpc) is 3.33. The van der Waals surface area contributed by atoms with Gasteiger partial charge in [0.1, 0.15) is 28.8 Å². The minimum atomic E-state index is -4.40. The summed E-state index contributed by atoms with van der Waals surface area (Å²) in [6.07, 6.45) is 0.663. The molecular weight excluding hydrogens is 409 g/mol. The van der Waals surface area contributed by atoms with Crippen molar-refractivity contribution in [1.29, 1.82) is 0 Å². The van der Waals surface area contributed by atoms with Gasteiger partial charge < -0.3 is 19.7 Å². The Hall–Kier alpha value is -2.76. The lowest BCUT2D eigenvalue weighted by Crippen LogP contribution is -2.39. The molecule has 0 fully saturated rings. The first-order chi connectivity index (χ1) is 13.9.